The molecule has 108 valence electrons. The molecule has 8 heteroatoms. The van der Waals surface area contributed by atoms with Gasteiger partial charge in [-0.15, -0.1) is 16.7 Å². The standard InChI is InChI=1S/C12H13Cl2N3O3/c1-18-9-6-10(19-2)8(5-7(9)14)15-12-17-16-11(20-12)3-4-13/h5-6H,3-4H2,1-2H3,(H,15,17). The van der Waals surface area contributed by atoms with Crippen LogP contribution in [-0.4, -0.2) is 30.3 Å². The van der Waals surface area contributed by atoms with E-state index in [0.29, 0.717) is 40.4 Å². The van der Waals surface area contributed by atoms with Crippen LogP contribution in [0.5, 0.6) is 11.5 Å². The number of aryl methyl sites for hydroxylation is 1. The van der Waals surface area contributed by atoms with Gasteiger partial charge in [0.1, 0.15) is 11.5 Å². The van der Waals surface area contributed by atoms with Gasteiger partial charge in [0.15, 0.2) is 0 Å². The van der Waals surface area contributed by atoms with Gasteiger partial charge in [-0.05, 0) is 6.07 Å². The molecule has 0 aliphatic heterocycles. The molecule has 1 N–H and O–H groups in total. The number of benzene rings is 1. The van der Waals surface area contributed by atoms with Crippen molar-refractivity contribution >= 4 is 34.9 Å². The lowest BCUT2D eigenvalue weighted by molar-refractivity contribution is 0.395. The van der Waals surface area contributed by atoms with E-state index in [0.717, 1.165) is 0 Å². The summed E-state index contributed by atoms with van der Waals surface area (Å²) in [6.45, 7) is 0. The minimum atomic E-state index is 0.240. The summed E-state index contributed by atoms with van der Waals surface area (Å²) in [6, 6.07) is 3.57. The summed E-state index contributed by atoms with van der Waals surface area (Å²) < 4.78 is 15.8. The van der Waals surface area contributed by atoms with E-state index < -0.39 is 0 Å². The van der Waals surface area contributed by atoms with Gasteiger partial charge in [0, 0.05) is 18.4 Å². The molecule has 20 heavy (non-hydrogen) atoms. The Morgan fingerprint density at radius 1 is 1.20 bits per heavy atom. The molecule has 0 radical (unpaired) electrons. The number of aromatic nitrogens is 2. The van der Waals surface area contributed by atoms with Gasteiger partial charge in [0.2, 0.25) is 5.89 Å². The first-order valence-corrected chi connectivity index (χ1v) is 6.66. The molecule has 0 atom stereocenters. The van der Waals surface area contributed by atoms with Crippen LogP contribution in [0.1, 0.15) is 5.89 Å². The molecule has 2 aromatic rings. The van der Waals surface area contributed by atoms with E-state index >= 15 is 0 Å². The molecule has 1 aromatic heterocycles. The molecular weight excluding hydrogens is 305 g/mol. The molecule has 0 saturated heterocycles. The van der Waals surface area contributed by atoms with Crippen LogP contribution in [-0.2, 0) is 6.42 Å². The number of hydrogen-bond donors (Lipinski definition) is 1. The van der Waals surface area contributed by atoms with Crippen molar-refractivity contribution in [3.8, 4) is 11.5 Å². The molecule has 0 unspecified atom stereocenters. The zero-order valence-electron chi connectivity index (χ0n) is 10.9. The Hall–Kier alpha value is -1.66. The Balaban J connectivity index is 2.25. The Labute approximate surface area is 126 Å². The molecule has 0 spiro atoms. The average molecular weight is 318 g/mol. The predicted octanol–water partition coefficient (Wildman–Crippen LogP) is 3.27. The summed E-state index contributed by atoms with van der Waals surface area (Å²) in [4.78, 5) is 0. The molecule has 0 aliphatic carbocycles. The van der Waals surface area contributed by atoms with Gasteiger partial charge in [-0.25, -0.2) is 0 Å². The van der Waals surface area contributed by atoms with E-state index in [9.17, 15) is 0 Å². The van der Waals surface area contributed by atoms with Crippen LogP contribution < -0.4 is 14.8 Å². The quantitative estimate of drug-likeness (QED) is 0.825. The molecule has 0 bridgehead atoms. The van der Waals surface area contributed by atoms with Crippen molar-refractivity contribution in [2.45, 2.75) is 6.42 Å². The SMILES string of the molecule is COc1cc(OC)c(Nc2nnc(CCCl)o2)cc1Cl. The highest BCUT2D eigenvalue weighted by Gasteiger charge is 2.13. The number of ether oxygens (including phenoxy) is 2. The lowest BCUT2D eigenvalue weighted by atomic mass is 10.2. The monoisotopic (exact) mass is 317 g/mol. The van der Waals surface area contributed by atoms with E-state index in [4.69, 9.17) is 37.1 Å². The van der Waals surface area contributed by atoms with Crippen LogP contribution in [0.3, 0.4) is 0 Å². The van der Waals surface area contributed by atoms with Crippen LogP contribution in [0.4, 0.5) is 11.7 Å². The zero-order chi connectivity index (χ0) is 14.5. The summed E-state index contributed by atoms with van der Waals surface area (Å²) in [5.74, 6) is 1.94. The van der Waals surface area contributed by atoms with E-state index in [-0.39, 0.29) is 6.01 Å². The summed E-state index contributed by atoms with van der Waals surface area (Å²) >= 11 is 11.7. The smallest absolute Gasteiger partial charge is 0.320 e. The molecule has 0 amide bonds. The van der Waals surface area contributed by atoms with E-state index in [1.807, 2.05) is 0 Å². The van der Waals surface area contributed by atoms with E-state index in [1.165, 1.54) is 7.11 Å². The number of alkyl halides is 1. The molecule has 1 heterocycles. The highest BCUT2D eigenvalue weighted by Crippen LogP contribution is 2.37. The van der Waals surface area contributed by atoms with Crippen LogP contribution in [0.25, 0.3) is 0 Å². The Morgan fingerprint density at radius 3 is 2.60 bits per heavy atom. The normalized spacial score (nSPS) is 10.4. The number of hydrogen-bond acceptors (Lipinski definition) is 6. The molecule has 1 aromatic carbocycles. The first-order valence-electron chi connectivity index (χ1n) is 5.74. The van der Waals surface area contributed by atoms with Gasteiger partial charge in [-0.1, -0.05) is 16.7 Å². The van der Waals surface area contributed by atoms with Gasteiger partial charge >= 0.3 is 6.01 Å². The first kappa shape index (κ1) is 14.7. The van der Waals surface area contributed by atoms with Gasteiger partial charge in [-0.3, -0.25) is 0 Å². The van der Waals surface area contributed by atoms with Crippen molar-refractivity contribution in [3.05, 3.63) is 23.0 Å². The van der Waals surface area contributed by atoms with Crippen LogP contribution >= 0.6 is 23.2 Å². The largest absolute Gasteiger partial charge is 0.495 e. The minimum absolute atomic E-state index is 0.240. The second-order valence-electron chi connectivity index (χ2n) is 3.75. The number of anilines is 2. The van der Waals surface area contributed by atoms with Crippen molar-refractivity contribution in [3.63, 3.8) is 0 Å². The van der Waals surface area contributed by atoms with Crippen molar-refractivity contribution in [2.24, 2.45) is 0 Å². The van der Waals surface area contributed by atoms with E-state index in [1.54, 1.807) is 19.2 Å². The molecule has 0 saturated carbocycles. The zero-order valence-corrected chi connectivity index (χ0v) is 12.5. The second kappa shape index (κ2) is 6.67. The van der Waals surface area contributed by atoms with Crippen molar-refractivity contribution < 1.29 is 13.9 Å². The fraction of sp³-hybridized carbons (Fsp3) is 0.333. The Morgan fingerprint density at radius 2 is 1.95 bits per heavy atom. The summed E-state index contributed by atoms with van der Waals surface area (Å²) in [6.07, 6.45) is 0.511. The van der Waals surface area contributed by atoms with Crippen LogP contribution in [0.2, 0.25) is 5.02 Å². The third-order valence-corrected chi connectivity index (χ3v) is 2.98. The summed E-state index contributed by atoms with van der Waals surface area (Å²) in [5.41, 5.74) is 0.597. The van der Waals surface area contributed by atoms with Crippen LogP contribution in [0.15, 0.2) is 16.5 Å². The lowest BCUT2D eigenvalue weighted by Crippen LogP contribution is -1.96. The molecule has 6 nitrogen and oxygen atoms in total. The lowest BCUT2D eigenvalue weighted by Gasteiger charge is -2.11. The topological polar surface area (TPSA) is 69.4 Å². The Bertz CT molecular complexity index is 589. The molecule has 2 rings (SSSR count). The summed E-state index contributed by atoms with van der Waals surface area (Å²) in [5, 5.41) is 11.1. The Kier molecular flexibility index (Phi) is 4.92. The number of nitrogens with one attached hydrogen (secondary N) is 1. The number of halogens is 2. The van der Waals surface area contributed by atoms with E-state index in [2.05, 4.69) is 15.5 Å². The maximum absolute atomic E-state index is 6.07. The van der Waals surface area contributed by atoms with Gasteiger partial charge in [-0.2, -0.15) is 0 Å². The maximum atomic E-state index is 6.07. The molecular formula is C12H13Cl2N3O3. The minimum Gasteiger partial charge on any atom is -0.495 e. The highest BCUT2D eigenvalue weighted by atomic mass is 35.5. The summed E-state index contributed by atoms with van der Waals surface area (Å²) in [7, 11) is 3.07. The number of rotatable bonds is 6. The maximum Gasteiger partial charge on any atom is 0.320 e. The van der Waals surface area contributed by atoms with Crippen LogP contribution in [0, 0.1) is 0 Å². The van der Waals surface area contributed by atoms with Gasteiger partial charge in [0.25, 0.3) is 0 Å². The third kappa shape index (κ3) is 3.26. The van der Waals surface area contributed by atoms with Crippen molar-refractivity contribution in [1.82, 2.24) is 10.2 Å². The number of nitrogens with zero attached hydrogens (tertiary/aromatic N) is 2. The predicted molar refractivity (Wildman–Crippen MR) is 76.6 cm³/mol. The second-order valence-corrected chi connectivity index (χ2v) is 4.54. The third-order valence-electron chi connectivity index (χ3n) is 2.49. The number of methoxy groups -OCH3 is 2. The average Bonchev–Trinajstić information content (AvgIpc) is 2.87. The first-order chi connectivity index (χ1) is 9.67. The fourth-order valence-electron chi connectivity index (χ4n) is 1.56. The highest BCUT2D eigenvalue weighted by molar-refractivity contribution is 6.32. The molecule has 0 aliphatic rings. The van der Waals surface area contributed by atoms with Crippen molar-refractivity contribution in [2.75, 3.05) is 25.4 Å². The fourth-order valence-corrected chi connectivity index (χ4v) is 1.96. The van der Waals surface area contributed by atoms with Crippen molar-refractivity contribution in [1.29, 1.82) is 0 Å². The van der Waals surface area contributed by atoms with Gasteiger partial charge in [0.05, 0.1) is 24.9 Å². The van der Waals surface area contributed by atoms with Gasteiger partial charge < -0.3 is 19.2 Å². The molecule has 0 fully saturated rings.